The second kappa shape index (κ2) is 9.37. The Morgan fingerprint density at radius 3 is 2.06 bits per heavy atom. The fourth-order valence-corrected chi connectivity index (χ4v) is 1.57. The minimum absolute atomic E-state index is 0.179. The molecular weight excluding hydrogens is 260 g/mol. The largest absolute Gasteiger partial charge is 0.366 e. The lowest BCUT2D eigenvalue weighted by Gasteiger charge is -2.12. The average molecular weight is 278 g/mol. The molecule has 0 aromatic heterocycles. The molecule has 0 saturated carbocycles. The standard InChI is InChI=1S/C7H13NO4S.C3H5NO/c1-3-5-7(13(10,11)12)8-6(9)4-2;1-2-3(4)5/h4,7H,2-3,5H2,1H3,(H,8,9)(H,10,11,12);2H,1H2,(H2,4,5). The molecule has 0 aromatic carbocycles. The molecule has 0 heterocycles. The summed E-state index contributed by atoms with van der Waals surface area (Å²) < 4.78 is 30.0. The van der Waals surface area contributed by atoms with E-state index in [9.17, 15) is 18.0 Å². The third kappa shape index (κ3) is 10.8. The molecule has 18 heavy (non-hydrogen) atoms. The van der Waals surface area contributed by atoms with Crippen LogP contribution >= 0.6 is 0 Å². The van der Waals surface area contributed by atoms with Crippen LogP contribution in [0.3, 0.4) is 0 Å². The van der Waals surface area contributed by atoms with Crippen molar-refractivity contribution in [1.29, 1.82) is 0 Å². The summed E-state index contributed by atoms with van der Waals surface area (Å²) in [5, 5.41) is 0.879. The molecule has 0 aliphatic carbocycles. The van der Waals surface area contributed by atoms with E-state index in [-0.39, 0.29) is 6.42 Å². The Bertz CT molecular complexity index is 402. The molecule has 104 valence electrons. The number of nitrogens with two attached hydrogens (primary N) is 1. The molecule has 4 N–H and O–H groups in total. The molecule has 2 amide bonds. The first-order valence-corrected chi connectivity index (χ1v) is 6.50. The summed E-state index contributed by atoms with van der Waals surface area (Å²) in [7, 11) is -4.21. The van der Waals surface area contributed by atoms with Gasteiger partial charge in [0.05, 0.1) is 0 Å². The number of hydrogen-bond acceptors (Lipinski definition) is 4. The van der Waals surface area contributed by atoms with Gasteiger partial charge in [-0.3, -0.25) is 14.1 Å². The number of nitrogens with one attached hydrogen (secondary N) is 1. The molecule has 1 unspecified atom stereocenters. The van der Waals surface area contributed by atoms with Crippen LogP contribution in [-0.2, 0) is 19.7 Å². The number of carbonyl (C=O) groups is 2. The third-order valence-electron chi connectivity index (χ3n) is 1.60. The van der Waals surface area contributed by atoms with Crippen molar-refractivity contribution in [2.75, 3.05) is 0 Å². The van der Waals surface area contributed by atoms with Crippen LogP contribution in [0.2, 0.25) is 0 Å². The third-order valence-corrected chi connectivity index (χ3v) is 2.67. The maximum absolute atomic E-state index is 10.7. The highest BCUT2D eigenvalue weighted by Gasteiger charge is 2.22. The lowest BCUT2D eigenvalue weighted by atomic mass is 10.3. The second-order valence-electron chi connectivity index (χ2n) is 3.11. The van der Waals surface area contributed by atoms with Crippen LogP contribution in [0.4, 0.5) is 0 Å². The second-order valence-corrected chi connectivity index (χ2v) is 4.71. The first-order valence-electron chi connectivity index (χ1n) is 5.00. The average Bonchev–Trinajstić information content (AvgIpc) is 2.27. The van der Waals surface area contributed by atoms with Crippen LogP contribution in [0.5, 0.6) is 0 Å². The van der Waals surface area contributed by atoms with Crippen LogP contribution in [-0.4, -0.2) is 30.2 Å². The van der Waals surface area contributed by atoms with E-state index in [1.54, 1.807) is 6.92 Å². The molecule has 0 rings (SSSR count). The Hall–Kier alpha value is -1.67. The molecule has 0 bridgehead atoms. The predicted molar refractivity (Wildman–Crippen MR) is 68.0 cm³/mol. The summed E-state index contributed by atoms with van der Waals surface area (Å²) >= 11 is 0. The first-order chi connectivity index (χ1) is 8.18. The minimum Gasteiger partial charge on any atom is -0.366 e. The van der Waals surface area contributed by atoms with Crippen molar-refractivity contribution in [3.63, 3.8) is 0 Å². The zero-order valence-corrected chi connectivity index (χ0v) is 10.9. The molecule has 0 fully saturated rings. The summed E-state index contributed by atoms with van der Waals surface area (Å²) in [6.45, 7) is 8.00. The smallest absolute Gasteiger partial charge is 0.286 e. The van der Waals surface area contributed by atoms with E-state index in [2.05, 4.69) is 24.2 Å². The molecule has 0 aromatic rings. The number of rotatable bonds is 6. The zero-order valence-electron chi connectivity index (χ0n) is 10.1. The van der Waals surface area contributed by atoms with Crippen molar-refractivity contribution in [1.82, 2.24) is 5.32 Å². The lowest BCUT2D eigenvalue weighted by Crippen LogP contribution is -2.39. The van der Waals surface area contributed by atoms with Gasteiger partial charge in [0.1, 0.15) is 0 Å². The number of carbonyl (C=O) groups excluding carboxylic acids is 2. The predicted octanol–water partition coefficient (Wildman–Crippen LogP) is -0.0397. The fourth-order valence-electron chi connectivity index (χ4n) is 0.775. The fraction of sp³-hybridized carbons (Fsp3) is 0.400. The van der Waals surface area contributed by atoms with Crippen molar-refractivity contribution in [3.05, 3.63) is 25.3 Å². The van der Waals surface area contributed by atoms with Gasteiger partial charge in [0.2, 0.25) is 11.8 Å². The van der Waals surface area contributed by atoms with Crippen LogP contribution in [0, 0.1) is 0 Å². The van der Waals surface area contributed by atoms with Crippen molar-refractivity contribution in [3.8, 4) is 0 Å². The van der Waals surface area contributed by atoms with Crippen molar-refractivity contribution < 1.29 is 22.6 Å². The maximum atomic E-state index is 10.7. The van der Waals surface area contributed by atoms with E-state index in [4.69, 9.17) is 4.55 Å². The Morgan fingerprint density at radius 2 is 1.83 bits per heavy atom. The van der Waals surface area contributed by atoms with Crippen molar-refractivity contribution in [2.24, 2.45) is 5.73 Å². The van der Waals surface area contributed by atoms with E-state index in [0.717, 1.165) is 12.2 Å². The van der Waals surface area contributed by atoms with Gasteiger partial charge >= 0.3 is 0 Å². The van der Waals surface area contributed by atoms with E-state index in [1.807, 2.05) is 0 Å². The molecule has 0 radical (unpaired) electrons. The van der Waals surface area contributed by atoms with Crippen LogP contribution in [0.25, 0.3) is 0 Å². The molecular formula is C10H18N2O5S. The van der Waals surface area contributed by atoms with Gasteiger partial charge in [-0.2, -0.15) is 8.42 Å². The Kier molecular flexibility index (Phi) is 9.73. The molecule has 8 heteroatoms. The van der Waals surface area contributed by atoms with E-state index in [1.165, 1.54) is 0 Å². The van der Waals surface area contributed by atoms with Crippen LogP contribution in [0.15, 0.2) is 25.3 Å². The summed E-state index contributed by atoms with van der Waals surface area (Å²) in [6, 6.07) is 0. The molecule has 0 aliphatic heterocycles. The first kappa shape index (κ1) is 18.7. The Morgan fingerprint density at radius 1 is 1.39 bits per heavy atom. The number of amides is 2. The lowest BCUT2D eigenvalue weighted by molar-refractivity contribution is -0.117. The topological polar surface area (TPSA) is 127 Å². The summed E-state index contributed by atoms with van der Waals surface area (Å²) in [5.74, 6) is -1.10. The van der Waals surface area contributed by atoms with Gasteiger partial charge in [-0.1, -0.05) is 26.5 Å². The van der Waals surface area contributed by atoms with Crippen LogP contribution < -0.4 is 11.1 Å². The maximum Gasteiger partial charge on any atom is 0.286 e. The molecule has 1 atom stereocenters. The minimum atomic E-state index is -4.21. The molecule has 7 nitrogen and oxygen atoms in total. The molecule has 0 aliphatic rings. The summed E-state index contributed by atoms with van der Waals surface area (Å²) in [4.78, 5) is 20.2. The normalized spacial score (nSPS) is 11.4. The highest BCUT2D eigenvalue weighted by molar-refractivity contribution is 7.86. The van der Waals surface area contributed by atoms with Crippen molar-refractivity contribution >= 4 is 21.9 Å². The highest BCUT2D eigenvalue weighted by atomic mass is 32.2. The van der Waals surface area contributed by atoms with Gasteiger partial charge in [0.15, 0.2) is 5.37 Å². The van der Waals surface area contributed by atoms with E-state index in [0.29, 0.717) is 6.42 Å². The van der Waals surface area contributed by atoms with Gasteiger partial charge in [-0.25, -0.2) is 0 Å². The Labute approximate surface area is 106 Å². The number of primary amides is 1. The van der Waals surface area contributed by atoms with Gasteiger partial charge in [0, 0.05) is 0 Å². The number of hydrogen-bond donors (Lipinski definition) is 3. The van der Waals surface area contributed by atoms with Crippen molar-refractivity contribution in [2.45, 2.75) is 25.1 Å². The SMILES string of the molecule is C=CC(=O)NC(CCC)S(=O)(=O)O.C=CC(N)=O. The zero-order chi connectivity index (χ0) is 14.8. The Balaban J connectivity index is 0. The van der Waals surface area contributed by atoms with Gasteiger partial charge < -0.3 is 11.1 Å². The quantitative estimate of drug-likeness (QED) is 0.464. The summed E-state index contributed by atoms with van der Waals surface area (Å²) in [5.41, 5.74) is 4.53. The highest BCUT2D eigenvalue weighted by Crippen LogP contribution is 2.03. The van der Waals surface area contributed by atoms with E-state index < -0.39 is 27.3 Å². The van der Waals surface area contributed by atoms with Gasteiger partial charge in [-0.05, 0) is 18.6 Å². The van der Waals surface area contributed by atoms with Crippen LogP contribution in [0.1, 0.15) is 19.8 Å². The molecule has 0 saturated heterocycles. The van der Waals surface area contributed by atoms with Gasteiger partial charge in [-0.15, -0.1) is 0 Å². The monoisotopic (exact) mass is 278 g/mol. The molecule has 0 spiro atoms. The summed E-state index contributed by atoms with van der Waals surface area (Å²) in [6.07, 6.45) is 2.73. The van der Waals surface area contributed by atoms with E-state index >= 15 is 0 Å². The van der Waals surface area contributed by atoms with Gasteiger partial charge in [0.25, 0.3) is 10.1 Å².